The highest BCUT2D eigenvalue weighted by Gasteiger charge is 2.15. The first kappa shape index (κ1) is 6.64. The molecule has 1 unspecified atom stereocenters. The van der Waals surface area contributed by atoms with Crippen LogP contribution in [0.5, 0.6) is 0 Å². The third kappa shape index (κ3) is 1.20. The van der Waals surface area contributed by atoms with Crippen molar-refractivity contribution in [1.29, 1.82) is 0 Å². The second-order valence-electron chi connectivity index (χ2n) is 2.64. The minimum absolute atomic E-state index is 0.222. The van der Waals surface area contributed by atoms with Crippen LogP contribution in [-0.2, 0) is 0 Å². The fourth-order valence-corrected chi connectivity index (χ4v) is 1.27. The molecule has 11 heavy (non-hydrogen) atoms. The molecular formula is C8H10N2O. The van der Waals surface area contributed by atoms with E-state index in [0.717, 1.165) is 12.1 Å². The normalized spacial score (nSPS) is 28.9. The van der Waals surface area contributed by atoms with E-state index < -0.39 is 0 Å². The first-order chi connectivity index (χ1) is 5.36. The molecule has 0 spiro atoms. The van der Waals surface area contributed by atoms with E-state index in [1.165, 1.54) is 0 Å². The lowest BCUT2D eigenvalue weighted by Crippen LogP contribution is -2.44. The number of aliphatic hydroxyl groups is 1. The van der Waals surface area contributed by atoms with Gasteiger partial charge in [0.2, 0.25) is 0 Å². The second kappa shape index (κ2) is 2.53. The average Bonchev–Trinajstić information content (AvgIpc) is 2.04. The highest BCUT2D eigenvalue weighted by atomic mass is 16.3. The molecular weight excluding hydrogens is 140 g/mol. The summed E-state index contributed by atoms with van der Waals surface area (Å²) in [6.07, 6.45) is 7.45. The number of allylic oxidation sites excluding steroid dienone is 1. The van der Waals surface area contributed by atoms with Crippen molar-refractivity contribution in [2.24, 2.45) is 0 Å². The lowest BCUT2D eigenvalue weighted by atomic mass is 10.0. The molecule has 0 aromatic rings. The molecule has 1 aliphatic heterocycles. The molecule has 2 aliphatic rings. The molecule has 3 N–H and O–H groups in total. The molecule has 0 saturated heterocycles. The zero-order valence-corrected chi connectivity index (χ0v) is 6.04. The predicted octanol–water partition coefficient (Wildman–Crippen LogP) is 0.401. The molecule has 0 amide bonds. The van der Waals surface area contributed by atoms with Gasteiger partial charge in [0.1, 0.15) is 5.76 Å². The van der Waals surface area contributed by atoms with Gasteiger partial charge in [0.25, 0.3) is 0 Å². The maximum atomic E-state index is 9.13. The molecule has 0 saturated carbocycles. The summed E-state index contributed by atoms with van der Waals surface area (Å²) >= 11 is 0. The van der Waals surface area contributed by atoms with E-state index in [1.807, 2.05) is 6.08 Å². The Morgan fingerprint density at radius 1 is 1.55 bits per heavy atom. The van der Waals surface area contributed by atoms with Gasteiger partial charge < -0.3 is 5.11 Å². The van der Waals surface area contributed by atoms with Crippen LogP contribution >= 0.6 is 0 Å². The minimum Gasteiger partial charge on any atom is -0.508 e. The molecule has 1 atom stereocenters. The van der Waals surface area contributed by atoms with Crippen molar-refractivity contribution in [2.75, 3.05) is 6.54 Å². The molecule has 0 bridgehead atoms. The van der Waals surface area contributed by atoms with Gasteiger partial charge in [-0.05, 0) is 17.7 Å². The van der Waals surface area contributed by atoms with Crippen molar-refractivity contribution >= 4 is 0 Å². The van der Waals surface area contributed by atoms with E-state index in [1.54, 1.807) is 12.2 Å². The van der Waals surface area contributed by atoms with Crippen molar-refractivity contribution in [1.82, 2.24) is 10.9 Å². The van der Waals surface area contributed by atoms with Crippen molar-refractivity contribution in [3.8, 4) is 0 Å². The van der Waals surface area contributed by atoms with Crippen molar-refractivity contribution < 1.29 is 5.11 Å². The van der Waals surface area contributed by atoms with Gasteiger partial charge in [-0.1, -0.05) is 12.2 Å². The Morgan fingerprint density at radius 3 is 3.36 bits per heavy atom. The molecule has 3 heteroatoms. The van der Waals surface area contributed by atoms with Crippen LogP contribution in [0.3, 0.4) is 0 Å². The second-order valence-corrected chi connectivity index (χ2v) is 2.64. The largest absolute Gasteiger partial charge is 0.508 e. The van der Waals surface area contributed by atoms with Gasteiger partial charge >= 0.3 is 0 Å². The Hall–Kier alpha value is -1.06. The number of hydrogen-bond donors (Lipinski definition) is 3. The summed E-state index contributed by atoms with van der Waals surface area (Å²) in [4.78, 5) is 0. The van der Waals surface area contributed by atoms with Crippen LogP contribution in [0.1, 0.15) is 0 Å². The quantitative estimate of drug-likeness (QED) is 0.468. The van der Waals surface area contributed by atoms with E-state index in [-0.39, 0.29) is 6.04 Å². The van der Waals surface area contributed by atoms with Crippen LogP contribution in [0.25, 0.3) is 0 Å². The topological polar surface area (TPSA) is 44.3 Å². The molecule has 0 aromatic carbocycles. The van der Waals surface area contributed by atoms with Crippen LogP contribution in [0.15, 0.2) is 35.6 Å². The molecule has 1 aliphatic carbocycles. The summed E-state index contributed by atoms with van der Waals surface area (Å²) in [5, 5.41) is 9.13. The van der Waals surface area contributed by atoms with Crippen molar-refractivity contribution in [3.05, 3.63) is 35.6 Å². The van der Waals surface area contributed by atoms with Crippen LogP contribution in [0.2, 0.25) is 0 Å². The Bertz CT molecular complexity index is 253. The molecule has 58 valence electrons. The first-order valence-electron chi connectivity index (χ1n) is 3.63. The van der Waals surface area contributed by atoms with Crippen LogP contribution < -0.4 is 10.9 Å². The van der Waals surface area contributed by atoms with Crippen LogP contribution in [0.4, 0.5) is 0 Å². The van der Waals surface area contributed by atoms with E-state index in [2.05, 4.69) is 16.9 Å². The lowest BCUT2D eigenvalue weighted by molar-refractivity contribution is 0.424. The van der Waals surface area contributed by atoms with E-state index in [0.29, 0.717) is 5.76 Å². The zero-order chi connectivity index (χ0) is 7.68. The van der Waals surface area contributed by atoms with Gasteiger partial charge in [-0.3, -0.25) is 5.43 Å². The van der Waals surface area contributed by atoms with Gasteiger partial charge in [-0.25, -0.2) is 5.43 Å². The summed E-state index contributed by atoms with van der Waals surface area (Å²) in [6.45, 7) is 0.809. The van der Waals surface area contributed by atoms with Gasteiger partial charge in [0.05, 0.1) is 6.04 Å². The number of hydrogen-bond acceptors (Lipinski definition) is 3. The molecule has 2 rings (SSSR count). The van der Waals surface area contributed by atoms with E-state index in [9.17, 15) is 0 Å². The molecule has 3 nitrogen and oxygen atoms in total. The Morgan fingerprint density at radius 2 is 2.45 bits per heavy atom. The van der Waals surface area contributed by atoms with Crippen LogP contribution in [-0.4, -0.2) is 17.7 Å². The molecule has 0 radical (unpaired) electrons. The van der Waals surface area contributed by atoms with Gasteiger partial charge in [-0.2, -0.15) is 0 Å². The van der Waals surface area contributed by atoms with Crippen molar-refractivity contribution in [2.45, 2.75) is 6.04 Å². The highest BCUT2D eigenvalue weighted by Crippen LogP contribution is 2.15. The first-order valence-corrected chi connectivity index (χ1v) is 3.63. The molecule has 0 aromatic heterocycles. The SMILES string of the molecule is OC1=CC2=CCNNC2C=C1. The van der Waals surface area contributed by atoms with Crippen LogP contribution in [0, 0.1) is 0 Å². The number of rotatable bonds is 0. The number of aliphatic hydroxyl groups excluding tert-OH is 1. The number of fused-ring (bicyclic) bond motifs is 1. The minimum atomic E-state index is 0.222. The van der Waals surface area contributed by atoms with Gasteiger partial charge in [0.15, 0.2) is 0 Å². The third-order valence-electron chi connectivity index (χ3n) is 1.83. The number of hydrazine groups is 1. The van der Waals surface area contributed by atoms with E-state index >= 15 is 0 Å². The average molecular weight is 150 g/mol. The predicted molar refractivity (Wildman–Crippen MR) is 42.9 cm³/mol. The lowest BCUT2D eigenvalue weighted by Gasteiger charge is -2.23. The number of nitrogens with one attached hydrogen (secondary N) is 2. The fraction of sp³-hybridized carbons (Fsp3) is 0.250. The monoisotopic (exact) mass is 150 g/mol. The molecule has 0 fully saturated rings. The van der Waals surface area contributed by atoms with Crippen molar-refractivity contribution in [3.63, 3.8) is 0 Å². The standard InChI is InChI=1S/C8H10N2O/c11-7-1-2-8-6(5-7)3-4-9-10-8/h1-3,5,8-11H,4H2. The Kier molecular flexibility index (Phi) is 1.52. The summed E-state index contributed by atoms with van der Waals surface area (Å²) in [7, 11) is 0. The fourth-order valence-electron chi connectivity index (χ4n) is 1.27. The van der Waals surface area contributed by atoms with E-state index in [4.69, 9.17) is 5.11 Å². The molecule has 1 heterocycles. The Labute approximate surface area is 65.1 Å². The smallest absolute Gasteiger partial charge is 0.115 e. The van der Waals surface area contributed by atoms with Gasteiger partial charge in [0, 0.05) is 6.54 Å². The maximum Gasteiger partial charge on any atom is 0.115 e. The summed E-state index contributed by atoms with van der Waals surface area (Å²) in [5.74, 6) is 0.330. The zero-order valence-electron chi connectivity index (χ0n) is 6.04. The summed E-state index contributed by atoms with van der Waals surface area (Å²) < 4.78 is 0. The summed E-state index contributed by atoms with van der Waals surface area (Å²) in [6, 6.07) is 0.222. The highest BCUT2D eigenvalue weighted by molar-refractivity contribution is 5.39. The summed E-state index contributed by atoms with van der Waals surface area (Å²) in [5.41, 5.74) is 7.22. The maximum absolute atomic E-state index is 9.13. The third-order valence-corrected chi connectivity index (χ3v) is 1.83. The van der Waals surface area contributed by atoms with Gasteiger partial charge in [-0.15, -0.1) is 0 Å². The Balaban J connectivity index is 2.29.